The summed E-state index contributed by atoms with van der Waals surface area (Å²) in [6.07, 6.45) is 0. The van der Waals surface area contributed by atoms with Gasteiger partial charge in [0.15, 0.2) is 5.82 Å². The fourth-order valence-electron chi connectivity index (χ4n) is 1.77. The molecule has 0 saturated carbocycles. The topological polar surface area (TPSA) is 119 Å². The lowest BCUT2D eigenvalue weighted by atomic mass is 10.3. The number of nitrogens with one attached hydrogen (secondary N) is 2. The number of benzene rings is 1. The van der Waals surface area contributed by atoms with E-state index in [2.05, 4.69) is 14.9 Å². The van der Waals surface area contributed by atoms with Crippen molar-refractivity contribution < 1.29 is 17.9 Å². The van der Waals surface area contributed by atoms with Crippen LogP contribution in [0.3, 0.4) is 0 Å². The van der Waals surface area contributed by atoms with Crippen LogP contribution in [0.15, 0.2) is 23.1 Å². The third-order valence-electron chi connectivity index (χ3n) is 2.75. The van der Waals surface area contributed by atoms with Gasteiger partial charge in [-0.1, -0.05) is 0 Å². The van der Waals surface area contributed by atoms with Gasteiger partial charge in [-0.3, -0.25) is 9.82 Å². The van der Waals surface area contributed by atoms with E-state index in [1.54, 1.807) is 13.0 Å². The normalized spacial score (nSPS) is 11.2. The molecule has 114 valence electrons. The van der Waals surface area contributed by atoms with E-state index in [4.69, 9.17) is 15.2 Å². The second-order valence-corrected chi connectivity index (χ2v) is 5.94. The van der Waals surface area contributed by atoms with Crippen LogP contribution < -0.4 is 19.9 Å². The van der Waals surface area contributed by atoms with Gasteiger partial charge >= 0.3 is 0 Å². The average Bonchev–Trinajstić information content (AvgIpc) is 2.83. The Labute approximate surface area is 122 Å². The molecule has 0 unspecified atom stereocenters. The highest BCUT2D eigenvalue weighted by atomic mass is 32.2. The number of aromatic nitrogens is 2. The first-order valence-electron chi connectivity index (χ1n) is 5.93. The highest BCUT2D eigenvalue weighted by Crippen LogP contribution is 2.34. The van der Waals surface area contributed by atoms with Gasteiger partial charge in [0.05, 0.1) is 19.9 Å². The fourth-order valence-corrected chi connectivity index (χ4v) is 2.95. The van der Waals surface area contributed by atoms with Crippen LogP contribution in [-0.2, 0) is 10.0 Å². The molecule has 2 aromatic rings. The van der Waals surface area contributed by atoms with E-state index in [9.17, 15) is 8.42 Å². The summed E-state index contributed by atoms with van der Waals surface area (Å²) in [5.74, 6) is 0.645. The molecular formula is C12H16N4O4S. The van der Waals surface area contributed by atoms with Gasteiger partial charge in [0.2, 0.25) is 0 Å². The van der Waals surface area contributed by atoms with Gasteiger partial charge in [0, 0.05) is 17.8 Å². The maximum atomic E-state index is 12.4. The summed E-state index contributed by atoms with van der Waals surface area (Å²) in [5.41, 5.74) is 6.68. The number of nitrogen functional groups attached to an aromatic ring is 1. The first-order chi connectivity index (χ1) is 9.87. The van der Waals surface area contributed by atoms with Crippen LogP contribution >= 0.6 is 0 Å². The number of nitrogens with two attached hydrogens (primary N) is 1. The molecular weight excluding hydrogens is 296 g/mol. The lowest BCUT2D eigenvalue weighted by Gasteiger charge is -2.13. The summed E-state index contributed by atoms with van der Waals surface area (Å²) in [7, 11) is -1.08. The molecule has 0 aliphatic heterocycles. The van der Waals surface area contributed by atoms with E-state index in [0.29, 0.717) is 5.75 Å². The number of methoxy groups -OCH3 is 2. The van der Waals surface area contributed by atoms with E-state index in [-0.39, 0.29) is 22.2 Å². The van der Waals surface area contributed by atoms with Crippen LogP contribution in [0.25, 0.3) is 0 Å². The molecule has 0 aliphatic rings. The highest BCUT2D eigenvalue weighted by molar-refractivity contribution is 7.92. The second-order valence-electron chi connectivity index (χ2n) is 4.29. The molecule has 0 bridgehead atoms. The third kappa shape index (κ3) is 3.02. The zero-order valence-corrected chi connectivity index (χ0v) is 12.6. The standard InChI is InChI=1S/C12H16N4O4S/c1-7-4-12(15-14-7)16-21(17,18)11-5-8(13)9(19-2)6-10(11)20-3/h4-6H,13H2,1-3H3,(H2,14,15,16). The zero-order chi connectivity index (χ0) is 15.6. The van der Waals surface area contributed by atoms with Crippen molar-refractivity contribution in [2.24, 2.45) is 0 Å². The minimum atomic E-state index is -3.88. The number of ether oxygens (including phenoxy) is 2. The Kier molecular flexibility index (Phi) is 3.94. The summed E-state index contributed by atoms with van der Waals surface area (Å²) < 4.78 is 37.3. The fraction of sp³-hybridized carbons (Fsp3) is 0.250. The van der Waals surface area contributed by atoms with Crippen LogP contribution in [0.2, 0.25) is 0 Å². The Morgan fingerprint density at radius 3 is 2.38 bits per heavy atom. The average molecular weight is 312 g/mol. The number of nitrogens with zero attached hydrogens (tertiary/aromatic N) is 1. The van der Waals surface area contributed by atoms with Crippen LogP contribution in [0.5, 0.6) is 11.5 Å². The lowest BCUT2D eigenvalue weighted by molar-refractivity contribution is 0.387. The number of H-pyrrole nitrogens is 1. The smallest absolute Gasteiger partial charge is 0.266 e. The van der Waals surface area contributed by atoms with Crippen molar-refractivity contribution in [1.82, 2.24) is 10.2 Å². The maximum absolute atomic E-state index is 12.4. The number of hydrogen-bond acceptors (Lipinski definition) is 6. The molecule has 0 radical (unpaired) electrons. The minimum Gasteiger partial charge on any atom is -0.495 e. The number of aromatic amines is 1. The zero-order valence-electron chi connectivity index (χ0n) is 11.8. The van der Waals surface area contributed by atoms with E-state index in [1.807, 2.05) is 0 Å². The van der Waals surface area contributed by atoms with Crippen molar-refractivity contribution in [3.63, 3.8) is 0 Å². The van der Waals surface area contributed by atoms with E-state index < -0.39 is 10.0 Å². The predicted octanol–water partition coefficient (Wildman–Crippen LogP) is 1.12. The number of rotatable bonds is 5. The number of aryl methyl sites for hydroxylation is 1. The third-order valence-corrected chi connectivity index (χ3v) is 4.13. The van der Waals surface area contributed by atoms with Gasteiger partial charge in [-0.05, 0) is 13.0 Å². The highest BCUT2D eigenvalue weighted by Gasteiger charge is 2.23. The van der Waals surface area contributed by atoms with E-state index >= 15 is 0 Å². The van der Waals surface area contributed by atoms with Crippen LogP contribution in [0, 0.1) is 6.92 Å². The molecule has 1 aromatic heterocycles. The SMILES string of the molecule is COc1cc(OC)c(S(=O)(=O)Nc2cc(C)[nH]n2)cc1N. The molecule has 0 saturated heterocycles. The predicted molar refractivity (Wildman–Crippen MR) is 78.1 cm³/mol. The summed E-state index contributed by atoms with van der Waals surface area (Å²) in [6.45, 7) is 1.76. The largest absolute Gasteiger partial charge is 0.495 e. The van der Waals surface area contributed by atoms with Gasteiger partial charge < -0.3 is 15.2 Å². The molecule has 4 N–H and O–H groups in total. The van der Waals surface area contributed by atoms with Gasteiger partial charge in [-0.15, -0.1) is 0 Å². The van der Waals surface area contributed by atoms with Crippen molar-refractivity contribution in [3.05, 3.63) is 23.9 Å². The molecule has 0 atom stereocenters. The van der Waals surface area contributed by atoms with Crippen molar-refractivity contribution in [2.75, 3.05) is 24.7 Å². The molecule has 2 rings (SSSR count). The molecule has 0 fully saturated rings. The van der Waals surface area contributed by atoms with E-state index in [1.165, 1.54) is 26.4 Å². The Bertz CT molecular complexity index is 755. The molecule has 0 amide bonds. The Morgan fingerprint density at radius 1 is 1.19 bits per heavy atom. The Morgan fingerprint density at radius 2 is 1.86 bits per heavy atom. The minimum absolute atomic E-state index is 0.0936. The van der Waals surface area contributed by atoms with Crippen molar-refractivity contribution in [3.8, 4) is 11.5 Å². The van der Waals surface area contributed by atoms with Crippen LogP contribution in [0.4, 0.5) is 11.5 Å². The van der Waals surface area contributed by atoms with Crippen molar-refractivity contribution >= 4 is 21.5 Å². The molecule has 0 spiro atoms. The number of hydrogen-bond donors (Lipinski definition) is 3. The first-order valence-corrected chi connectivity index (χ1v) is 7.42. The molecule has 21 heavy (non-hydrogen) atoms. The van der Waals surface area contributed by atoms with Crippen LogP contribution in [-0.4, -0.2) is 32.8 Å². The summed E-state index contributed by atoms with van der Waals surface area (Å²) in [4.78, 5) is -0.0936. The monoisotopic (exact) mass is 312 g/mol. The Balaban J connectivity index is 2.46. The first kappa shape index (κ1) is 15.0. The Hall–Kier alpha value is -2.42. The number of anilines is 2. The summed E-state index contributed by atoms with van der Waals surface area (Å²) >= 11 is 0. The summed E-state index contributed by atoms with van der Waals surface area (Å²) in [6, 6.07) is 4.26. The van der Waals surface area contributed by atoms with Crippen molar-refractivity contribution in [1.29, 1.82) is 0 Å². The molecule has 9 heteroatoms. The maximum Gasteiger partial charge on any atom is 0.266 e. The molecule has 0 aliphatic carbocycles. The molecule has 8 nitrogen and oxygen atoms in total. The van der Waals surface area contributed by atoms with Gasteiger partial charge in [-0.2, -0.15) is 5.10 Å². The molecule has 1 aromatic carbocycles. The van der Waals surface area contributed by atoms with Gasteiger partial charge in [0.1, 0.15) is 16.4 Å². The number of sulfonamides is 1. The second kappa shape index (κ2) is 5.52. The molecule has 1 heterocycles. The summed E-state index contributed by atoms with van der Waals surface area (Å²) in [5, 5.41) is 6.47. The van der Waals surface area contributed by atoms with Crippen LogP contribution in [0.1, 0.15) is 5.69 Å². The van der Waals surface area contributed by atoms with Crippen molar-refractivity contribution in [2.45, 2.75) is 11.8 Å². The van der Waals surface area contributed by atoms with Gasteiger partial charge in [0.25, 0.3) is 10.0 Å². The van der Waals surface area contributed by atoms with E-state index in [0.717, 1.165) is 5.69 Å². The van der Waals surface area contributed by atoms with Gasteiger partial charge in [-0.25, -0.2) is 8.42 Å². The lowest BCUT2D eigenvalue weighted by Crippen LogP contribution is -2.15. The quantitative estimate of drug-likeness (QED) is 0.712.